The highest BCUT2D eigenvalue weighted by atomic mass is 16.2. The maximum atomic E-state index is 12.8. The molecule has 0 bridgehead atoms. The van der Waals surface area contributed by atoms with Gasteiger partial charge in [0.15, 0.2) is 5.69 Å². The molecule has 0 atom stereocenters. The van der Waals surface area contributed by atoms with Gasteiger partial charge in [0.25, 0.3) is 11.5 Å². The van der Waals surface area contributed by atoms with E-state index in [0.717, 1.165) is 18.4 Å². The number of aromatic amines is 1. The number of hydrogen-bond donors (Lipinski definition) is 2. The number of likely N-dealkylation sites (N-methyl/N-ethyl adjacent to an activating group) is 1. The molecule has 156 valence electrons. The lowest BCUT2D eigenvalue weighted by molar-refractivity contribution is -0.114. The van der Waals surface area contributed by atoms with E-state index in [2.05, 4.69) is 18.8 Å². The van der Waals surface area contributed by atoms with Crippen LogP contribution in [0, 0.1) is 0 Å². The number of rotatable bonds is 8. The van der Waals surface area contributed by atoms with Gasteiger partial charge in [0, 0.05) is 19.2 Å². The topological polar surface area (TPSA) is 101 Å². The van der Waals surface area contributed by atoms with Crippen LogP contribution in [0.2, 0.25) is 0 Å². The van der Waals surface area contributed by atoms with Crippen molar-refractivity contribution < 1.29 is 4.79 Å². The SMILES string of the molecule is CCCCn1c(N)c(N(CC)C(=O)/C=C/c2ccc(C(C)C)cc2)c(=O)[nH]c1=O. The lowest BCUT2D eigenvalue weighted by atomic mass is 10.0. The molecule has 0 unspecified atom stereocenters. The average Bonchev–Trinajstić information content (AvgIpc) is 2.69. The molecule has 0 saturated carbocycles. The predicted octanol–water partition coefficient (Wildman–Crippen LogP) is 3.11. The van der Waals surface area contributed by atoms with Crippen LogP contribution in [0.15, 0.2) is 39.9 Å². The molecule has 1 aromatic carbocycles. The van der Waals surface area contributed by atoms with Crippen molar-refractivity contribution in [1.29, 1.82) is 0 Å². The van der Waals surface area contributed by atoms with Crippen molar-refractivity contribution in [3.63, 3.8) is 0 Å². The molecule has 29 heavy (non-hydrogen) atoms. The van der Waals surface area contributed by atoms with Gasteiger partial charge >= 0.3 is 5.69 Å². The quantitative estimate of drug-likeness (QED) is 0.667. The van der Waals surface area contributed by atoms with E-state index in [1.165, 1.54) is 21.1 Å². The Morgan fingerprint density at radius 3 is 2.41 bits per heavy atom. The first-order valence-electron chi connectivity index (χ1n) is 10.0. The van der Waals surface area contributed by atoms with Crippen molar-refractivity contribution in [2.75, 3.05) is 17.2 Å². The molecule has 7 nitrogen and oxygen atoms in total. The van der Waals surface area contributed by atoms with Crippen LogP contribution in [-0.2, 0) is 11.3 Å². The summed E-state index contributed by atoms with van der Waals surface area (Å²) in [6, 6.07) is 7.94. The zero-order valence-corrected chi connectivity index (χ0v) is 17.6. The van der Waals surface area contributed by atoms with E-state index in [4.69, 9.17) is 5.73 Å². The van der Waals surface area contributed by atoms with Crippen molar-refractivity contribution in [2.45, 2.75) is 53.0 Å². The molecule has 0 fully saturated rings. The summed E-state index contributed by atoms with van der Waals surface area (Å²) in [4.78, 5) is 40.8. The molecule has 1 amide bonds. The van der Waals surface area contributed by atoms with Crippen LogP contribution in [0.1, 0.15) is 57.6 Å². The lowest BCUT2D eigenvalue weighted by Gasteiger charge is -2.21. The van der Waals surface area contributed by atoms with Gasteiger partial charge in [-0.1, -0.05) is 51.5 Å². The number of H-pyrrole nitrogens is 1. The number of aromatic nitrogens is 2. The fourth-order valence-electron chi connectivity index (χ4n) is 3.05. The second kappa shape index (κ2) is 9.91. The highest BCUT2D eigenvalue weighted by Gasteiger charge is 2.21. The predicted molar refractivity (Wildman–Crippen MR) is 118 cm³/mol. The average molecular weight is 399 g/mol. The summed E-state index contributed by atoms with van der Waals surface area (Å²) in [5.41, 5.74) is 7.00. The third-order valence-corrected chi connectivity index (χ3v) is 4.82. The Morgan fingerprint density at radius 2 is 1.86 bits per heavy atom. The zero-order chi connectivity index (χ0) is 21.6. The van der Waals surface area contributed by atoms with Crippen molar-refractivity contribution in [3.8, 4) is 0 Å². The third kappa shape index (κ3) is 5.25. The van der Waals surface area contributed by atoms with Crippen LogP contribution in [-0.4, -0.2) is 22.0 Å². The first-order chi connectivity index (χ1) is 13.8. The van der Waals surface area contributed by atoms with E-state index >= 15 is 0 Å². The maximum absolute atomic E-state index is 12.8. The molecular formula is C22H30N4O3. The summed E-state index contributed by atoms with van der Waals surface area (Å²) in [5.74, 6) is 0.0683. The van der Waals surface area contributed by atoms with E-state index in [1.807, 2.05) is 31.2 Å². The van der Waals surface area contributed by atoms with Crippen molar-refractivity contribution in [3.05, 3.63) is 62.3 Å². The van der Waals surface area contributed by atoms with Crippen LogP contribution < -0.4 is 21.9 Å². The van der Waals surface area contributed by atoms with Gasteiger partial charge < -0.3 is 10.6 Å². The number of unbranched alkanes of at least 4 members (excludes halogenated alkanes) is 1. The molecule has 0 aliphatic rings. The van der Waals surface area contributed by atoms with Gasteiger partial charge in [-0.3, -0.25) is 19.1 Å². The maximum Gasteiger partial charge on any atom is 0.330 e. The van der Waals surface area contributed by atoms with E-state index in [-0.39, 0.29) is 24.0 Å². The minimum Gasteiger partial charge on any atom is -0.383 e. The molecule has 3 N–H and O–H groups in total. The van der Waals surface area contributed by atoms with Gasteiger partial charge in [0.05, 0.1) is 0 Å². The molecule has 7 heteroatoms. The molecule has 1 aromatic heterocycles. The first-order valence-corrected chi connectivity index (χ1v) is 10.0. The Hall–Kier alpha value is -3.09. The van der Waals surface area contributed by atoms with Crippen molar-refractivity contribution >= 4 is 23.5 Å². The number of benzene rings is 1. The molecule has 0 spiro atoms. The number of carbonyl (C=O) groups excluding carboxylic acids is 1. The third-order valence-electron chi connectivity index (χ3n) is 4.82. The summed E-state index contributed by atoms with van der Waals surface area (Å²) in [5, 5.41) is 0. The second-order valence-corrected chi connectivity index (χ2v) is 7.24. The summed E-state index contributed by atoms with van der Waals surface area (Å²) in [7, 11) is 0. The van der Waals surface area contributed by atoms with Gasteiger partial charge in [-0.25, -0.2) is 4.79 Å². The molecule has 0 radical (unpaired) electrons. The summed E-state index contributed by atoms with van der Waals surface area (Å²) < 4.78 is 1.31. The lowest BCUT2D eigenvalue weighted by Crippen LogP contribution is -2.40. The van der Waals surface area contributed by atoms with Crippen LogP contribution in [0.5, 0.6) is 0 Å². The normalized spacial score (nSPS) is 11.3. The minimum absolute atomic E-state index is 0.00742. The fraction of sp³-hybridized carbons (Fsp3) is 0.409. The monoisotopic (exact) mass is 398 g/mol. The van der Waals surface area contributed by atoms with Crippen LogP contribution in [0.25, 0.3) is 6.08 Å². The van der Waals surface area contributed by atoms with E-state index in [0.29, 0.717) is 12.5 Å². The Kier molecular flexibility index (Phi) is 7.59. The van der Waals surface area contributed by atoms with Crippen molar-refractivity contribution in [1.82, 2.24) is 9.55 Å². The number of hydrogen-bond acceptors (Lipinski definition) is 4. The largest absolute Gasteiger partial charge is 0.383 e. The second-order valence-electron chi connectivity index (χ2n) is 7.24. The molecule has 1 heterocycles. The Labute approximate surface area is 170 Å². The standard InChI is InChI=1S/C22H30N4O3/c1-5-7-14-26-20(23)19(21(28)24-22(26)29)25(6-2)18(27)13-10-16-8-11-17(12-9-16)15(3)4/h8-13,15H,5-7,14,23H2,1-4H3,(H,24,28,29)/b13-10+. The van der Waals surface area contributed by atoms with Gasteiger partial charge in [0.2, 0.25) is 0 Å². The Morgan fingerprint density at radius 1 is 1.21 bits per heavy atom. The van der Waals surface area contributed by atoms with Gasteiger partial charge in [-0.15, -0.1) is 0 Å². The van der Waals surface area contributed by atoms with Crippen molar-refractivity contribution in [2.24, 2.45) is 0 Å². The van der Waals surface area contributed by atoms with Gasteiger partial charge in [-0.05, 0) is 36.5 Å². The number of nitrogen functional groups attached to an aromatic ring is 1. The first kappa shape index (κ1) is 22.2. The molecule has 2 rings (SSSR count). The van der Waals surface area contributed by atoms with Crippen LogP contribution in [0.3, 0.4) is 0 Å². The molecule has 0 aliphatic heterocycles. The number of nitrogens with one attached hydrogen (secondary N) is 1. The Bertz CT molecular complexity index is 985. The summed E-state index contributed by atoms with van der Waals surface area (Å²) in [6.45, 7) is 8.62. The highest BCUT2D eigenvalue weighted by Crippen LogP contribution is 2.18. The summed E-state index contributed by atoms with van der Waals surface area (Å²) >= 11 is 0. The number of carbonyl (C=O) groups is 1. The zero-order valence-electron chi connectivity index (χ0n) is 17.6. The minimum atomic E-state index is -0.662. The molecule has 0 saturated heterocycles. The van der Waals surface area contributed by atoms with E-state index in [1.54, 1.807) is 13.0 Å². The molecule has 2 aromatic rings. The summed E-state index contributed by atoms with van der Waals surface area (Å²) in [6.07, 6.45) is 4.72. The molecular weight excluding hydrogens is 368 g/mol. The van der Waals surface area contributed by atoms with Gasteiger partial charge in [0.1, 0.15) is 5.82 Å². The highest BCUT2D eigenvalue weighted by molar-refractivity contribution is 6.05. The smallest absolute Gasteiger partial charge is 0.330 e. The number of anilines is 2. The van der Waals surface area contributed by atoms with Crippen LogP contribution >= 0.6 is 0 Å². The number of nitrogens with two attached hydrogens (primary N) is 1. The van der Waals surface area contributed by atoms with E-state index in [9.17, 15) is 14.4 Å². The van der Waals surface area contributed by atoms with E-state index < -0.39 is 11.2 Å². The fourth-order valence-corrected chi connectivity index (χ4v) is 3.05. The number of nitrogens with zero attached hydrogens (tertiary/aromatic N) is 2. The number of amides is 1. The molecule has 0 aliphatic carbocycles. The Balaban J connectivity index is 2.33. The van der Waals surface area contributed by atoms with Crippen LogP contribution in [0.4, 0.5) is 11.5 Å². The van der Waals surface area contributed by atoms with Gasteiger partial charge in [-0.2, -0.15) is 0 Å².